The van der Waals surface area contributed by atoms with E-state index in [1.54, 1.807) is 6.08 Å². The van der Waals surface area contributed by atoms with Crippen molar-refractivity contribution in [2.45, 2.75) is 20.8 Å². The molecular weight excluding hydrogens is 284 g/mol. The third-order valence-corrected chi connectivity index (χ3v) is 3.25. The van der Waals surface area contributed by atoms with Crippen molar-refractivity contribution in [2.75, 3.05) is 17.2 Å². The number of nitrogens with one attached hydrogen (secondary N) is 2. The van der Waals surface area contributed by atoms with Gasteiger partial charge in [0.2, 0.25) is 5.95 Å². The smallest absolute Gasteiger partial charge is 0.229 e. The van der Waals surface area contributed by atoms with Crippen LogP contribution < -0.4 is 10.6 Å². The van der Waals surface area contributed by atoms with Crippen LogP contribution in [0.2, 0.25) is 5.02 Å². The fraction of sp³-hybridized carbons (Fsp3) is 0.250. The normalized spacial score (nSPS) is 10.3. The molecular formula is C16H19ClN4. The minimum Gasteiger partial charge on any atom is -0.366 e. The molecule has 0 radical (unpaired) electrons. The summed E-state index contributed by atoms with van der Waals surface area (Å²) in [4.78, 5) is 8.83. The Bertz CT molecular complexity index is 644. The van der Waals surface area contributed by atoms with Crippen LogP contribution in [-0.2, 0) is 0 Å². The van der Waals surface area contributed by atoms with Gasteiger partial charge >= 0.3 is 0 Å². The molecule has 2 N–H and O–H groups in total. The molecule has 2 rings (SSSR count). The average Bonchev–Trinajstić information content (AvgIpc) is 2.40. The lowest BCUT2D eigenvalue weighted by molar-refractivity contribution is 1.09. The molecule has 0 amide bonds. The minimum atomic E-state index is 0.524. The van der Waals surface area contributed by atoms with Crippen molar-refractivity contribution in [3.05, 3.63) is 52.7 Å². The van der Waals surface area contributed by atoms with Gasteiger partial charge in [0.05, 0.1) is 10.7 Å². The number of hydrogen-bond acceptors (Lipinski definition) is 4. The molecule has 0 spiro atoms. The monoisotopic (exact) mass is 302 g/mol. The summed E-state index contributed by atoms with van der Waals surface area (Å²) < 4.78 is 0. The van der Waals surface area contributed by atoms with Crippen LogP contribution in [0.3, 0.4) is 0 Å². The molecule has 0 saturated heterocycles. The molecule has 4 nitrogen and oxygen atoms in total. The largest absolute Gasteiger partial charge is 0.366 e. The van der Waals surface area contributed by atoms with Gasteiger partial charge in [-0.25, -0.2) is 4.98 Å². The second-order valence-corrected chi connectivity index (χ2v) is 5.36. The van der Waals surface area contributed by atoms with Crippen molar-refractivity contribution in [3.8, 4) is 0 Å². The van der Waals surface area contributed by atoms with Gasteiger partial charge in [0.25, 0.3) is 0 Å². The number of rotatable bonds is 5. The highest BCUT2D eigenvalue weighted by Gasteiger charge is 2.08. The van der Waals surface area contributed by atoms with Gasteiger partial charge in [-0.3, -0.25) is 0 Å². The number of aromatic nitrogens is 2. The summed E-state index contributed by atoms with van der Waals surface area (Å²) in [5, 5.41) is 7.03. The fourth-order valence-electron chi connectivity index (χ4n) is 2.08. The zero-order chi connectivity index (χ0) is 15.4. The topological polar surface area (TPSA) is 49.8 Å². The molecule has 1 heterocycles. The van der Waals surface area contributed by atoms with Gasteiger partial charge in [-0.15, -0.1) is 6.58 Å². The van der Waals surface area contributed by atoms with Crippen molar-refractivity contribution >= 4 is 29.1 Å². The van der Waals surface area contributed by atoms with Crippen LogP contribution in [-0.4, -0.2) is 16.5 Å². The van der Waals surface area contributed by atoms with Gasteiger partial charge in [-0.05, 0) is 38.0 Å². The Morgan fingerprint density at radius 3 is 2.62 bits per heavy atom. The van der Waals surface area contributed by atoms with Crippen molar-refractivity contribution in [1.82, 2.24) is 9.97 Å². The SMILES string of the molecule is C=CCNc1cc(C)nc(Nc2c(C)cc(C)cc2Cl)n1. The number of nitrogens with zero attached hydrogens (tertiary/aromatic N) is 2. The first-order chi connectivity index (χ1) is 9.99. The van der Waals surface area contributed by atoms with E-state index in [4.69, 9.17) is 11.6 Å². The summed E-state index contributed by atoms with van der Waals surface area (Å²) in [5.41, 5.74) is 3.90. The molecule has 0 fully saturated rings. The van der Waals surface area contributed by atoms with E-state index in [0.29, 0.717) is 17.5 Å². The highest BCUT2D eigenvalue weighted by molar-refractivity contribution is 6.33. The number of halogens is 1. The van der Waals surface area contributed by atoms with Gasteiger partial charge in [-0.2, -0.15) is 4.98 Å². The third-order valence-electron chi connectivity index (χ3n) is 2.95. The number of anilines is 3. The summed E-state index contributed by atoms with van der Waals surface area (Å²) in [7, 11) is 0. The number of aryl methyl sites for hydroxylation is 3. The van der Waals surface area contributed by atoms with E-state index in [1.165, 1.54) is 0 Å². The highest BCUT2D eigenvalue weighted by atomic mass is 35.5. The minimum absolute atomic E-state index is 0.524. The summed E-state index contributed by atoms with van der Waals surface area (Å²) in [6.45, 7) is 10.3. The second kappa shape index (κ2) is 6.59. The van der Waals surface area contributed by atoms with Crippen LogP contribution >= 0.6 is 11.6 Å². The molecule has 0 aliphatic rings. The molecule has 2 aromatic rings. The van der Waals surface area contributed by atoms with Gasteiger partial charge in [-0.1, -0.05) is 23.7 Å². The second-order valence-electron chi connectivity index (χ2n) is 4.95. The van der Waals surface area contributed by atoms with Gasteiger partial charge in [0.15, 0.2) is 0 Å². The predicted molar refractivity (Wildman–Crippen MR) is 89.7 cm³/mol. The van der Waals surface area contributed by atoms with Gasteiger partial charge in [0, 0.05) is 18.3 Å². The molecule has 1 aromatic heterocycles. The fourth-order valence-corrected chi connectivity index (χ4v) is 2.45. The van der Waals surface area contributed by atoms with E-state index >= 15 is 0 Å². The standard InChI is InChI=1S/C16H19ClN4/c1-5-6-18-14-9-12(4)19-16(20-14)21-15-11(3)7-10(2)8-13(15)17/h5,7-9H,1,6H2,2-4H3,(H2,18,19,20,21). The van der Waals surface area contributed by atoms with Crippen LogP contribution in [0, 0.1) is 20.8 Å². The van der Waals surface area contributed by atoms with E-state index in [1.807, 2.05) is 32.9 Å². The van der Waals surface area contributed by atoms with Crippen LogP contribution in [0.1, 0.15) is 16.8 Å². The maximum Gasteiger partial charge on any atom is 0.229 e. The maximum absolute atomic E-state index is 6.30. The predicted octanol–water partition coefficient (Wildman–Crippen LogP) is 4.40. The quantitative estimate of drug-likeness (QED) is 0.804. The molecule has 1 aromatic carbocycles. The van der Waals surface area contributed by atoms with E-state index in [-0.39, 0.29) is 0 Å². The summed E-state index contributed by atoms with van der Waals surface area (Å²) in [6.07, 6.45) is 1.78. The lowest BCUT2D eigenvalue weighted by Crippen LogP contribution is -2.06. The van der Waals surface area contributed by atoms with Crippen LogP contribution in [0.4, 0.5) is 17.5 Å². The molecule has 0 atom stereocenters. The summed E-state index contributed by atoms with van der Waals surface area (Å²) in [6, 6.07) is 5.88. The van der Waals surface area contributed by atoms with E-state index in [2.05, 4.69) is 33.2 Å². The Balaban J connectivity index is 2.31. The lowest BCUT2D eigenvalue weighted by atomic mass is 10.1. The Hall–Kier alpha value is -2.07. The molecule has 0 aliphatic heterocycles. The Morgan fingerprint density at radius 2 is 1.95 bits per heavy atom. The molecule has 0 saturated carbocycles. The zero-order valence-electron chi connectivity index (χ0n) is 12.5. The Labute approximate surface area is 130 Å². The van der Waals surface area contributed by atoms with E-state index < -0.39 is 0 Å². The van der Waals surface area contributed by atoms with Crippen LogP contribution in [0.15, 0.2) is 30.9 Å². The number of benzene rings is 1. The van der Waals surface area contributed by atoms with Crippen molar-refractivity contribution in [3.63, 3.8) is 0 Å². The van der Waals surface area contributed by atoms with Crippen LogP contribution in [0.25, 0.3) is 0 Å². The van der Waals surface area contributed by atoms with Gasteiger partial charge < -0.3 is 10.6 Å². The molecule has 0 unspecified atom stereocenters. The maximum atomic E-state index is 6.30. The first-order valence-electron chi connectivity index (χ1n) is 6.74. The molecule has 21 heavy (non-hydrogen) atoms. The first kappa shape index (κ1) is 15.3. The highest BCUT2D eigenvalue weighted by Crippen LogP contribution is 2.29. The Morgan fingerprint density at radius 1 is 1.19 bits per heavy atom. The van der Waals surface area contributed by atoms with E-state index in [0.717, 1.165) is 28.3 Å². The van der Waals surface area contributed by atoms with Crippen LogP contribution in [0.5, 0.6) is 0 Å². The lowest BCUT2D eigenvalue weighted by Gasteiger charge is -2.13. The van der Waals surface area contributed by atoms with E-state index in [9.17, 15) is 0 Å². The first-order valence-corrected chi connectivity index (χ1v) is 7.11. The van der Waals surface area contributed by atoms with Crippen molar-refractivity contribution in [1.29, 1.82) is 0 Å². The van der Waals surface area contributed by atoms with Gasteiger partial charge in [0.1, 0.15) is 5.82 Å². The third kappa shape index (κ3) is 3.95. The van der Waals surface area contributed by atoms with Crippen molar-refractivity contribution in [2.24, 2.45) is 0 Å². The molecule has 110 valence electrons. The summed E-state index contributed by atoms with van der Waals surface area (Å²) in [5.74, 6) is 1.28. The molecule has 0 aliphatic carbocycles. The van der Waals surface area contributed by atoms with Crippen molar-refractivity contribution < 1.29 is 0 Å². The number of hydrogen-bond donors (Lipinski definition) is 2. The molecule has 0 bridgehead atoms. The Kier molecular flexibility index (Phi) is 4.81. The zero-order valence-corrected chi connectivity index (χ0v) is 13.3. The molecule has 5 heteroatoms. The average molecular weight is 303 g/mol. The summed E-state index contributed by atoms with van der Waals surface area (Å²) >= 11 is 6.30.